The molecule has 0 aliphatic heterocycles. The lowest BCUT2D eigenvalue weighted by Crippen LogP contribution is -2.26. The summed E-state index contributed by atoms with van der Waals surface area (Å²) in [6, 6.07) is 13.9. The maximum Gasteiger partial charge on any atom is 0.416 e. The highest BCUT2D eigenvalue weighted by atomic mass is 19.4. The molecule has 0 saturated heterocycles. The maximum absolute atomic E-state index is 15.0. The van der Waals surface area contributed by atoms with E-state index >= 15 is 0 Å². The zero-order valence-electron chi connectivity index (χ0n) is 19.3. The Bertz CT molecular complexity index is 1780. The lowest BCUT2D eigenvalue weighted by molar-refractivity contribution is -0.138. The molecule has 6 N–H and O–H groups in total. The van der Waals surface area contributed by atoms with Gasteiger partial charge in [0.15, 0.2) is 0 Å². The molecule has 0 amide bonds. The van der Waals surface area contributed by atoms with E-state index in [9.17, 15) is 22.4 Å². The van der Waals surface area contributed by atoms with E-state index in [0.717, 1.165) is 17.1 Å². The smallest absolute Gasteiger partial charge is 0.395 e. The zero-order chi connectivity index (χ0) is 27.2. The van der Waals surface area contributed by atoms with Gasteiger partial charge in [0.1, 0.15) is 5.82 Å². The van der Waals surface area contributed by atoms with E-state index < -0.39 is 23.2 Å². The first kappa shape index (κ1) is 24.6. The number of alkyl halides is 3. The van der Waals surface area contributed by atoms with Gasteiger partial charge in [-0.1, -0.05) is 6.07 Å². The van der Waals surface area contributed by atoms with E-state index in [1.165, 1.54) is 35.1 Å². The summed E-state index contributed by atoms with van der Waals surface area (Å²) in [6.45, 7) is -0.298. The lowest BCUT2D eigenvalue weighted by atomic mass is 10.0. The summed E-state index contributed by atoms with van der Waals surface area (Å²) < 4.78 is 57.3. The Balaban J connectivity index is 1.55. The second-order valence-corrected chi connectivity index (χ2v) is 8.43. The quantitative estimate of drug-likeness (QED) is 0.117. The van der Waals surface area contributed by atoms with Gasteiger partial charge in [-0.2, -0.15) is 23.5 Å². The first-order valence-corrected chi connectivity index (χ1v) is 11.0. The van der Waals surface area contributed by atoms with Gasteiger partial charge in [0.05, 0.1) is 57.5 Å². The highest BCUT2D eigenvalue weighted by molar-refractivity contribution is 5.84. The van der Waals surface area contributed by atoms with Gasteiger partial charge >= 0.3 is 11.9 Å². The fourth-order valence-corrected chi connectivity index (χ4v) is 4.17. The zero-order valence-corrected chi connectivity index (χ0v) is 19.3. The summed E-state index contributed by atoms with van der Waals surface area (Å²) in [5.74, 6) is 5.47. The van der Waals surface area contributed by atoms with Crippen LogP contribution in [0.5, 0.6) is 0 Å². The van der Waals surface area contributed by atoms with Crippen LogP contribution in [0.4, 0.5) is 34.6 Å². The molecule has 2 heterocycles. The Kier molecular flexibility index (Phi) is 5.88. The van der Waals surface area contributed by atoms with Gasteiger partial charge in [-0.15, -0.1) is 0 Å². The Hall–Kier alpha value is -5.09. The predicted molar refractivity (Wildman–Crippen MR) is 133 cm³/mol. The average molecular weight is 522 g/mol. The van der Waals surface area contributed by atoms with Gasteiger partial charge in [-0.25, -0.2) is 15.0 Å². The fraction of sp³-hybridized carbons (Fsp3) is 0.0800. The number of aromatic nitrogens is 4. The molecule has 5 aromatic rings. The Labute approximate surface area is 211 Å². The van der Waals surface area contributed by atoms with E-state index in [1.54, 1.807) is 24.3 Å². The third kappa shape index (κ3) is 4.44. The molecular formula is C25H18F4N8O. The van der Waals surface area contributed by atoms with Crippen LogP contribution in [-0.2, 0) is 12.7 Å². The van der Waals surface area contributed by atoms with Crippen molar-refractivity contribution in [2.24, 2.45) is 5.84 Å². The molecule has 9 nitrogen and oxygen atoms in total. The van der Waals surface area contributed by atoms with Crippen molar-refractivity contribution in [3.8, 4) is 17.3 Å². The number of aromatic amines is 2. The van der Waals surface area contributed by atoms with Crippen molar-refractivity contribution in [1.29, 1.82) is 5.26 Å². The molecule has 0 radical (unpaired) electrons. The van der Waals surface area contributed by atoms with Crippen LogP contribution in [0.15, 0.2) is 65.6 Å². The number of fused-ring (bicyclic) bond motifs is 1. The van der Waals surface area contributed by atoms with E-state index in [0.29, 0.717) is 22.4 Å². The van der Waals surface area contributed by atoms with Crippen molar-refractivity contribution in [2.45, 2.75) is 12.7 Å². The van der Waals surface area contributed by atoms with Crippen LogP contribution < -0.4 is 22.3 Å². The third-order valence-electron chi connectivity index (χ3n) is 6.02. The van der Waals surface area contributed by atoms with E-state index in [1.807, 2.05) is 0 Å². The number of rotatable bonds is 5. The van der Waals surface area contributed by atoms with Crippen molar-refractivity contribution in [1.82, 2.24) is 19.7 Å². The SMILES string of the molecule is N#Cc1ccc(Cn2nccc2-c2cc(F)c(N)c(N(N)c3ccc4[nH]c(=O)[nH]c4c3)c2)c(C(F)(F)F)c1. The highest BCUT2D eigenvalue weighted by Crippen LogP contribution is 2.36. The number of halogens is 4. The molecule has 0 fully saturated rings. The van der Waals surface area contributed by atoms with Crippen molar-refractivity contribution < 1.29 is 17.6 Å². The minimum absolute atomic E-state index is 0.0827. The monoisotopic (exact) mass is 522 g/mol. The van der Waals surface area contributed by atoms with E-state index in [2.05, 4.69) is 15.1 Å². The summed E-state index contributed by atoms with van der Waals surface area (Å²) in [4.78, 5) is 16.8. The molecule has 0 bridgehead atoms. The lowest BCUT2D eigenvalue weighted by Gasteiger charge is -2.22. The van der Waals surface area contributed by atoms with Crippen LogP contribution in [0.25, 0.3) is 22.3 Å². The minimum atomic E-state index is -4.69. The molecule has 0 atom stereocenters. The van der Waals surface area contributed by atoms with E-state index in [4.69, 9.17) is 16.8 Å². The normalized spacial score (nSPS) is 11.6. The summed E-state index contributed by atoms with van der Waals surface area (Å²) in [5.41, 5.74) is 6.17. The van der Waals surface area contributed by atoms with Crippen molar-refractivity contribution in [2.75, 3.05) is 10.7 Å². The summed E-state index contributed by atoms with van der Waals surface area (Å²) >= 11 is 0. The highest BCUT2D eigenvalue weighted by Gasteiger charge is 2.34. The molecule has 0 aliphatic rings. The predicted octanol–water partition coefficient (Wildman–Crippen LogP) is 4.39. The number of nitrogens with one attached hydrogen (secondary N) is 2. The molecule has 0 aliphatic carbocycles. The third-order valence-corrected chi connectivity index (χ3v) is 6.02. The number of hydrogen-bond donors (Lipinski definition) is 4. The topological polar surface area (TPSA) is 146 Å². The van der Waals surface area contributed by atoms with Crippen LogP contribution in [0.2, 0.25) is 0 Å². The average Bonchev–Trinajstić information content (AvgIpc) is 3.49. The largest absolute Gasteiger partial charge is 0.416 e. The molecule has 0 spiro atoms. The summed E-state index contributed by atoms with van der Waals surface area (Å²) in [5, 5.41) is 14.3. The van der Waals surface area contributed by atoms with Gasteiger partial charge < -0.3 is 15.7 Å². The van der Waals surface area contributed by atoms with Crippen molar-refractivity contribution >= 4 is 28.1 Å². The molecule has 5 rings (SSSR count). The number of nitriles is 1. The fourth-order valence-electron chi connectivity index (χ4n) is 4.17. The second-order valence-electron chi connectivity index (χ2n) is 8.43. The van der Waals surface area contributed by atoms with Crippen LogP contribution in [0.3, 0.4) is 0 Å². The van der Waals surface area contributed by atoms with Crippen LogP contribution in [0, 0.1) is 17.1 Å². The molecule has 38 heavy (non-hydrogen) atoms. The van der Waals surface area contributed by atoms with Gasteiger partial charge in [0, 0.05) is 11.8 Å². The first-order valence-electron chi connectivity index (χ1n) is 11.0. The number of benzene rings is 3. The standard InChI is InChI=1S/C25H18F4N8O/c26-18-8-15(9-22(23(18)31)37(32)16-3-4-19-20(10-16)35-24(38)34-19)21-5-6-33-36(21)12-14-2-1-13(11-30)7-17(14)25(27,28)29/h1-10H,12,31-32H2,(H2,34,35,38). The maximum atomic E-state index is 15.0. The first-order chi connectivity index (χ1) is 18.0. The van der Waals surface area contributed by atoms with Crippen molar-refractivity contribution in [3.63, 3.8) is 0 Å². The summed E-state index contributed by atoms with van der Waals surface area (Å²) in [6.07, 6.45) is -3.32. The second kappa shape index (κ2) is 9.09. The molecule has 192 valence electrons. The Morgan fingerprint density at radius 1 is 1.05 bits per heavy atom. The minimum Gasteiger partial charge on any atom is -0.395 e. The van der Waals surface area contributed by atoms with Gasteiger partial charge in [-0.3, -0.25) is 9.69 Å². The van der Waals surface area contributed by atoms with Crippen LogP contribution in [-0.4, -0.2) is 19.7 Å². The van der Waals surface area contributed by atoms with E-state index in [-0.39, 0.29) is 34.6 Å². The van der Waals surface area contributed by atoms with Crippen molar-refractivity contribution in [3.05, 3.63) is 93.8 Å². The van der Waals surface area contributed by atoms with Gasteiger partial charge in [0.25, 0.3) is 0 Å². The Morgan fingerprint density at radius 3 is 2.55 bits per heavy atom. The van der Waals surface area contributed by atoms with Crippen LogP contribution >= 0.6 is 0 Å². The molecule has 3 aromatic carbocycles. The van der Waals surface area contributed by atoms with Gasteiger partial charge in [-0.05, 0) is 54.1 Å². The number of nitrogen functional groups attached to an aromatic ring is 1. The number of imidazole rings is 1. The molecular weight excluding hydrogens is 504 g/mol. The number of H-pyrrole nitrogens is 2. The van der Waals surface area contributed by atoms with Gasteiger partial charge in [0.2, 0.25) is 0 Å². The summed E-state index contributed by atoms with van der Waals surface area (Å²) in [7, 11) is 0. The Morgan fingerprint density at radius 2 is 1.82 bits per heavy atom. The number of nitrogens with zero attached hydrogens (tertiary/aromatic N) is 4. The molecule has 13 heteroatoms. The van der Waals surface area contributed by atoms with Crippen LogP contribution in [0.1, 0.15) is 16.7 Å². The number of hydrogen-bond acceptors (Lipinski definition) is 6. The molecule has 0 saturated carbocycles. The molecule has 0 unspecified atom stereocenters. The number of anilines is 3. The number of hydrazine groups is 1. The molecule has 2 aromatic heterocycles. The number of nitrogens with two attached hydrogens (primary N) is 2.